The van der Waals surface area contributed by atoms with E-state index in [4.69, 9.17) is 47.4 Å². The highest BCUT2D eigenvalue weighted by Gasteiger charge is 2.56. The maximum absolute atomic E-state index is 12.3. The third-order valence-electron chi connectivity index (χ3n) is 7.07. The molecule has 1 aromatic rings. The first-order valence-corrected chi connectivity index (χ1v) is 14.8. The lowest BCUT2D eigenvalue weighted by Gasteiger charge is -2.48. The zero-order valence-corrected chi connectivity index (χ0v) is 27.5. The predicted molar refractivity (Wildman–Crippen MR) is 156 cm³/mol. The molecule has 0 saturated carbocycles. The van der Waals surface area contributed by atoms with E-state index in [1.165, 1.54) is 7.11 Å². The van der Waals surface area contributed by atoms with Gasteiger partial charge < -0.3 is 52.5 Å². The monoisotopic (exact) mass is 684 g/mol. The van der Waals surface area contributed by atoms with Gasteiger partial charge >= 0.3 is 35.8 Å². The third kappa shape index (κ3) is 10.3. The molecule has 0 amide bonds. The second kappa shape index (κ2) is 17.2. The molecule has 266 valence electrons. The zero-order valence-electron chi connectivity index (χ0n) is 27.5. The zero-order chi connectivity index (χ0) is 35.7. The van der Waals surface area contributed by atoms with E-state index in [2.05, 4.69) is 0 Å². The quantitative estimate of drug-likeness (QED) is 0.234. The topological polar surface area (TPSA) is 215 Å². The van der Waals surface area contributed by atoms with Crippen molar-refractivity contribution < 1.29 is 81.2 Å². The molecule has 17 heteroatoms. The summed E-state index contributed by atoms with van der Waals surface area (Å²) in [7, 11) is 1.44. The van der Waals surface area contributed by atoms with Crippen LogP contribution in [-0.2, 0) is 71.4 Å². The number of aliphatic hydroxyl groups is 1. The Balaban J connectivity index is 2.15. The fraction of sp³-hybridized carbons (Fsp3) is 0.613. The Morgan fingerprint density at radius 1 is 0.646 bits per heavy atom. The molecule has 17 nitrogen and oxygen atoms in total. The molecular formula is C31H40O17. The molecule has 0 spiro atoms. The average Bonchev–Trinajstić information content (AvgIpc) is 2.99. The molecule has 2 aliphatic heterocycles. The minimum atomic E-state index is -1.75. The Hall–Kier alpha value is -4.32. The van der Waals surface area contributed by atoms with Gasteiger partial charge in [0.2, 0.25) is 0 Å². The van der Waals surface area contributed by atoms with Gasteiger partial charge in [0, 0.05) is 41.5 Å². The number of hydrogen-bond acceptors (Lipinski definition) is 17. The average molecular weight is 685 g/mol. The number of aliphatic hydroxyl groups excluding tert-OH is 1. The summed E-state index contributed by atoms with van der Waals surface area (Å²) in [4.78, 5) is 72.5. The van der Waals surface area contributed by atoms with Gasteiger partial charge in [0.1, 0.15) is 49.5 Å². The molecule has 2 heterocycles. The van der Waals surface area contributed by atoms with E-state index in [9.17, 15) is 33.9 Å². The molecule has 3 rings (SSSR count). The largest absolute Gasteiger partial charge is 0.497 e. The number of hydrogen-bond donors (Lipinski definition) is 1. The summed E-state index contributed by atoms with van der Waals surface area (Å²) < 4.78 is 55.9. The predicted octanol–water partition coefficient (Wildman–Crippen LogP) is 0.459. The Labute approximate surface area is 275 Å². The van der Waals surface area contributed by atoms with Crippen LogP contribution in [0.5, 0.6) is 5.75 Å². The van der Waals surface area contributed by atoms with Crippen LogP contribution in [0.25, 0.3) is 0 Å². The highest BCUT2D eigenvalue weighted by atomic mass is 16.7. The number of ether oxygens (including phenoxy) is 10. The smallest absolute Gasteiger partial charge is 0.303 e. The second-order valence-electron chi connectivity index (χ2n) is 10.9. The van der Waals surface area contributed by atoms with E-state index in [-0.39, 0.29) is 0 Å². The maximum Gasteiger partial charge on any atom is 0.303 e. The maximum atomic E-state index is 12.3. The summed E-state index contributed by atoms with van der Waals surface area (Å²) in [5.41, 5.74) is 0.395. The van der Waals surface area contributed by atoms with Crippen molar-refractivity contribution >= 4 is 35.8 Å². The highest BCUT2D eigenvalue weighted by molar-refractivity contribution is 5.69. The van der Waals surface area contributed by atoms with Crippen LogP contribution in [0.4, 0.5) is 0 Å². The van der Waals surface area contributed by atoms with E-state index in [0.717, 1.165) is 41.5 Å². The van der Waals surface area contributed by atoms with Crippen LogP contribution in [0.1, 0.15) is 53.2 Å². The molecule has 0 unspecified atom stereocenters. The van der Waals surface area contributed by atoms with Gasteiger partial charge in [-0.1, -0.05) is 12.1 Å². The molecule has 0 aromatic heterocycles. The van der Waals surface area contributed by atoms with E-state index < -0.39 is 110 Å². The van der Waals surface area contributed by atoms with Crippen molar-refractivity contribution in [3.05, 3.63) is 29.8 Å². The van der Waals surface area contributed by atoms with Crippen LogP contribution in [0.2, 0.25) is 0 Å². The standard InChI is InChI=1S/C31H40O17/c1-14(32)40-12-22-26(42-16(3)34)28(24(38)25(46-22)20-9-8-10-21(11-20)39-7)48-31-30(45-19(6)37)29(44-18(5)36)27(43-17(4)35)23(47-31)13-41-15(2)33/h8-11,22-31,38H,12-13H2,1-7H3/t22-,23-,24-,25-,26-,27-,28-,29+,30+,31-/m1/s1. The minimum absolute atomic E-state index is 0.395. The van der Waals surface area contributed by atoms with Crippen molar-refractivity contribution in [1.29, 1.82) is 0 Å². The molecule has 0 bridgehead atoms. The summed E-state index contributed by atoms with van der Waals surface area (Å²) in [5.74, 6) is -4.41. The second-order valence-corrected chi connectivity index (χ2v) is 10.9. The summed E-state index contributed by atoms with van der Waals surface area (Å²) in [5, 5.41) is 11.8. The fourth-order valence-corrected chi connectivity index (χ4v) is 5.30. The first-order chi connectivity index (χ1) is 22.6. The van der Waals surface area contributed by atoms with Gasteiger partial charge in [-0.2, -0.15) is 0 Å². The molecule has 2 saturated heterocycles. The van der Waals surface area contributed by atoms with Crippen LogP contribution in [0.15, 0.2) is 24.3 Å². The lowest BCUT2D eigenvalue weighted by atomic mass is 9.90. The van der Waals surface area contributed by atoms with Crippen molar-refractivity contribution in [2.24, 2.45) is 0 Å². The minimum Gasteiger partial charge on any atom is -0.497 e. The number of benzene rings is 1. The molecule has 1 aromatic carbocycles. The lowest BCUT2D eigenvalue weighted by Crippen LogP contribution is -2.66. The SMILES string of the molecule is COc1cccc([C@H]2O[C@H](COC(C)=O)[C@@H](OC(C)=O)[C@H](O[C@H]3O[C@H](COC(C)=O)[C@@H](OC(C)=O)[C@H](OC(C)=O)[C@@H]3OC(C)=O)[C@@H]2O)c1. The van der Waals surface area contributed by atoms with Crippen LogP contribution < -0.4 is 4.74 Å². The lowest BCUT2D eigenvalue weighted by molar-refractivity contribution is -0.345. The van der Waals surface area contributed by atoms with Crippen LogP contribution in [0, 0.1) is 0 Å². The van der Waals surface area contributed by atoms with Gasteiger partial charge in [-0.3, -0.25) is 28.8 Å². The molecular weight excluding hydrogens is 644 g/mol. The fourth-order valence-electron chi connectivity index (χ4n) is 5.30. The molecule has 2 fully saturated rings. The molecule has 48 heavy (non-hydrogen) atoms. The number of methoxy groups -OCH3 is 1. The molecule has 0 radical (unpaired) electrons. The Morgan fingerprint density at radius 3 is 1.62 bits per heavy atom. The van der Waals surface area contributed by atoms with Crippen molar-refractivity contribution in [3.8, 4) is 5.75 Å². The van der Waals surface area contributed by atoms with Gasteiger partial charge in [0.05, 0.1) is 7.11 Å². The van der Waals surface area contributed by atoms with Gasteiger partial charge in [-0.05, 0) is 17.7 Å². The van der Waals surface area contributed by atoms with E-state index in [1.54, 1.807) is 24.3 Å². The Morgan fingerprint density at radius 2 is 1.12 bits per heavy atom. The number of esters is 6. The van der Waals surface area contributed by atoms with Crippen molar-refractivity contribution in [2.75, 3.05) is 20.3 Å². The van der Waals surface area contributed by atoms with Gasteiger partial charge in [-0.15, -0.1) is 0 Å². The van der Waals surface area contributed by atoms with Gasteiger partial charge in [0.15, 0.2) is 30.7 Å². The summed E-state index contributed by atoms with van der Waals surface area (Å²) in [6.45, 7) is 5.56. The number of carbonyl (C=O) groups is 6. The molecule has 2 aliphatic rings. The first-order valence-electron chi connectivity index (χ1n) is 14.8. The molecule has 0 aliphatic carbocycles. The van der Waals surface area contributed by atoms with Crippen LogP contribution in [0.3, 0.4) is 0 Å². The number of rotatable bonds is 12. The summed E-state index contributed by atoms with van der Waals surface area (Å²) >= 11 is 0. The van der Waals surface area contributed by atoms with Crippen molar-refractivity contribution in [1.82, 2.24) is 0 Å². The van der Waals surface area contributed by atoms with Crippen molar-refractivity contribution in [3.63, 3.8) is 0 Å². The Bertz CT molecular complexity index is 1330. The highest BCUT2D eigenvalue weighted by Crippen LogP contribution is 2.39. The van der Waals surface area contributed by atoms with Crippen LogP contribution >= 0.6 is 0 Å². The van der Waals surface area contributed by atoms with Gasteiger partial charge in [0.25, 0.3) is 0 Å². The molecule has 10 atom stereocenters. The third-order valence-corrected chi connectivity index (χ3v) is 7.07. The normalized spacial score (nSPS) is 29.8. The summed E-state index contributed by atoms with van der Waals surface area (Å²) in [6.07, 6.45) is -14.9. The van der Waals surface area contributed by atoms with Gasteiger partial charge in [-0.25, -0.2) is 0 Å². The van der Waals surface area contributed by atoms with Crippen LogP contribution in [-0.4, -0.2) is 116 Å². The Kier molecular flexibility index (Phi) is 13.7. The van der Waals surface area contributed by atoms with Crippen molar-refractivity contribution in [2.45, 2.75) is 103 Å². The first kappa shape index (κ1) is 38.1. The molecule has 1 N–H and O–H groups in total. The summed E-state index contributed by atoms with van der Waals surface area (Å²) in [6, 6.07) is 6.49. The van der Waals surface area contributed by atoms with E-state index >= 15 is 0 Å². The number of carbonyl (C=O) groups excluding carboxylic acids is 6. The van der Waals surface area contributed by atoms with E-state index in [1.807, 2.05) is 0 Å². The van der Waals surface area contributed by atoms with E-state index in [0.29, 0.717) is 11.3 Å².